The first-order valence-corrected chi connectivity index (χ1v) is 7.60. The number of nitrogens with zero attached hydrogens (tertiary/aromatic N) is 1. The number of fused-ring (bicyclic) bond motifs is 2. The second-order valence-corrected chi connectivity index (χ2v) is 5.77. The summed E-state index contributed by atoms with van der Waals surface area (Å²) >= 11 is 0. The molecule has 1 aliphatic heterocycles. The van der Waals surface area contributed by atoms with Gasteiger partial charge in [0.1, 0.15) is 5.75 Å². The Labute approximate surface area is 133 Å². The van der Waals surface area contributed by atoms with Gasteiger partial charge < -0.3 is 4.74 Å². The summed E-state index contributed by atoms with van der Waals surface area (Å²) in [6.07, 6.45) is -0.192. The van der Waals surface area contributed by atoms with Crippen LogP contribution in [-0.4, -0.2) is 11.0 Å². The summed E-state index contributed by atoms with van der Waals surface area (Å²) in [4.78, 5) is 11.4. The van der Waals surface area contributed by atoms with Crippen molar-refractivity contribution < 1.29 is 9.66 Å². The number of rotatable bonds is 2. The molecule has 0 saturated heterocycles. The maximum absolute atomic E-state index is 11.6. The Morgan fingerprint density at radius 3 is 2.57 bits per heavy atom. The minimum atomic E-state index is -0.782. The minimum absolute atomic E-state index is 0.220. The maximum atomic E-state index is 11.6. The number of hydrogen-bond donors (Lipinski definition) is 0. The summed E-state index contributed by atoms with van der Waals surface area (Å²) in [7, 11) is 0. The van der Waals surface area contributed by atoms with Crippen LogP contribution in [0.3, 0.4) is 0 Å². The van der Waals surface area contributed by atoms with Gasteiger partial charge in [-0.3, -0.25) is 10.1 Å². The third-order valence-electron chi connectivity index (χ3n) is 4.41. The Kier molecular flexibility index (Phi) is 3.23. The predicted molar refractivity (Wildman–Crippen MR) is 88.2 cm³/mol. The van der Waals surface area contributed by atoms with Crippen LogP contribution in [0.15, 0.2) is 66.7 Å². The third kappa shape index (κ3) is 2.32. The summed E-state index contributed by atoms with van der Waals surface area (Å²) < 4.78 is 6.06. The predicted octanol–water partition coefficient (Wildman–Crippen LogP) is 4.16. The lowest BCUT2D eigenvalue weighted by Crippen LogP contribution is -2.36. The quantitative estimate of drug-likeness (QED) is 0.527. The highest BCUT2D eigenvalue weighted by Crippen LogP contribution is 2.38. The van der Waals surface area contributed by atoms with Gasteiger partial charge in [0.15, 0.2) is 6.10 Å². The van der Waals surface area contributed by atoms with Crippen LogP contribution >= 0.6 is 0 Å². The van der Waals surface area contributed by atoms with E-state index in [-0.39, 0.29) is 4.92 Å². The van der Waals surface area contributed by atoms with E-state index in [4.69, 9.17) is 4.74 Å². The van der Waals surface area contributed by atoms with E-state index in [0.29, 0.717) is 6.42 Å². The van der Waals surface area contributed by atoms with Gasteiger partial charge in [-0.2, -0.15) is 0 Å². The average Bonchev–Trinajstić information content (AvgIpc) is 2.60. The highest BCUT2D eigenvalue weighted by molar-refractivity contribution is 5.86. The number of para-hydroxylation sites is 1. The smallest absolute Gasteiger partial charge is 0.257 e. The zero-order valence-electron chi connectivity index (χ0n) is 12.4. The molecule has 1 heterocycles. The largest absolute Gasteiger partial charge is 0.478 e. The Bertz CT molecular complexity index is 885. The van der Waals surface area contributed by atoms with Crippen molar-refractivity contribution in [2.75, 3.05) is 0 Å². The van der Waals surface area contributed by atoms with Gasteiger partial charge in [-0.15, -0.1) is 0 Å². The molecule has 0 unspecified atom stereocenters. The van der Waals surface area contributed by atoms with Crippen molar-refractivity contribution in [2.24, 2.45) is 0 Å². The molecule has 0 spiro atoms. The monoisotopic (exact) mass is 305 g/mol. The van der Waals surface area contributed by atoms with Crippen molar-refractivity contribution in [1.82, 2.24) is 0 Å². The number of nitro groups is 1. The van der Waals surface area contributed by atoms with E-state index >= 15 is 0 Å². The molecule has 114 valence electrons. The normalized spacial score (nSPS) is 19.8. The van der Waals surface area contributed by atoms with Crippen molar-refractivity contribution >= 4 is 10.8 Å². The Hall–Kier alpha value is -2.88. The molecule has 4 rings (SSSR count). The van der Waals surface area contributed by atoms with Crippen LogP contribution < -0.4 is 4.74 Å². The molecule has 3 aromatic carbocycles. The van der Waals surface area contributed by atoms with Gasteiger partial charge in [0, 0.05) is 22.5 Å². The Morgan fingerprint density at radius 1 is 0.957 bits per heavy atom. The van der Waals surface area contributed by atoms with E-state index in [1.807, 2.05) is 66.7 Å². The maximum Gasteiger partial charge on any atom is 0.257 e. The molecule has 4 nitrogen and oxygen atoms in total. The van der Waals surface area contributed by atoms with Gasteiger partial charge in [-0.05, 0) is 16.8 Å². The fraction of sp³-hybridized carbons (Fsp3) is 0.158. The molecule has 0 fully saturated rings. The van der Waals surface area contributed by atoms with Crippen LogP contribution in [0, 0.1) is 10.1 Å². The molecule has 0 aliphatic carbocycles. The standard InChI is InChI=1S/C19H15NO3/c21-20(22)17-12-14-7-2-4-11-18(14)23-19(17)16-10-5-8-13-6-1-3-9-15(13)16/h1-11,17,19H,12H2/t17-,19+/m1/s1. The van der Waals surface area contributed by atoms with Crippen LogP contribution in [0.25, 0.3) is 10.8 Å². The molecule has 0 bridgehead atoms. The molecule has 2 atom stereocenters. The van der Waals surface area contributed by atoms with E-state index in [2.05, 4.69) is 0 Å². The molecule has 1 aliphatic rings. The molecule has 0 saturated carbocycles. The molecular formula is C19H15NO3. The molecule has 0 aromatic heterocycles. The van der Waals surface area contributed by atoms with Gasteiger partial charge in [0.05, 0.1) is 0 Å². The highest BCUT2D eigenvalue weighted by Gasteiger charge is 2.40. The van der Waals surface area contributed by atoms with Crippen LogP contribution in [0.2, 0.25) is 0 Å². The first-order chi connectivity index (χ1) is 11.2. The summed E-state index contributed by atoms with van der Waals surface area (Å²) in [5, 5.41) is 13.7. The summed E-state index contributed by atoms with van der Waals surface area (Å²) in [5.41, 5.74) is 1.77. The van der Waals surface area contributed by atoms with Gasteiger partial charge in [-0.25, -0.2) is 0 Å². The second kappa shape index (κ2) is 5.39. The van der Waals surface area contributed by atoms with E-state index < -0.39 is 12.1 Å². The summed E-state index contributed by atoms with van der Waals surface area (Å²) in [6, 6.07) is 20.6. The molecule has 0 N–H and O–H groups in total. The molecular weight excluding hydrogens is 290 g/mol. The molecule has 23 heavy (non-hydrogen) atoms. The summed E-state index contributed by atoms with van der Waals surface area (Å²) in [6.45, 7) is 0. The van der Waals surface area contributed by atoms with Crippen molar-refractivity contribution in [3.05, 3.63) is 88.0 Å². The van der Waals surface area contributed by atoms with Crippen molar-refractivity contribution in [2.45, 2.75) is 18.6 Å². The van der Waals surface area contributed by atoms with E-state index in [0.717, 1.165) is 27.6 Å². The number of hydrogen-bond acceptors (Lipinski definition) is 3. The van der Waals surface area contributed by atoms with Crippen LogP contribution in [-0.2, 0) is 6.42 Å². The summed E-state index contributed by atoms with van der Waals surface area (Å²) in [5.74, 6) is 0.739. The fourth-order valence-corrected chi connectivity index (χ4v) is 3.29. The second-order valence-electron chi connectivity index (χ2n) is 5.77. The van der Waals surface area contributed by atoms with Crippen molar-refractivity contribution in [1.29, 1.82) is 0 Å². The molecule has 0 amide bonds. The van der Waals surface area contributed by atoms with Gasteiger partial charge in [0.2, 0.25) is 0 Å². The van der Waals surface area contributed by atoms with E-state index in [9.17, 15) is 10.1 Å². The molecule has 4 heteroatoms. The van der Waals surface area contributed by atoms with Gasteiger partial charge >= 0.3 is 0 Å². The van der Waals surface area contributed by atoms with E-state index in [1.165, 1.54) is 0 Å². The topological polar surface area (TPSA) is 52.4 Å². The first kappa shape index (κ1) is 13.8. The van der Waals surface area contributed by atoms with E-state index in [1.54, 1.807) is 0 Å². The Balaban J connectivity index is 1.87. The zero-order valence-corrected chi connectivity index (χ0v) is 12.4. The van der Waals surface area contributed by atoms with Gasteiger partial charge in [-0.1, -0.05) is 60.7 Å². The fourth-order valence-electron chi connectivity index (χ4n) is 3.29. The number of ether oxygens (including phenoxy) is 1. The minimum Gasteiger partial charge on any atom is -0.478 e. The van der Waals surface area contributed by atoms with Crippen molar-refractivity contribution in [3.8, 4) is 5.75 Å². The molecule has 0 radical (unpaired) electrons. The molecule has 3 aromatic rings. The zero-order chi connectivity index (χ0) is 15.8. The van der Waals surface area contributed by atoms with Crippen LogP contribution in [0.4, 0.5) is 0 Å². The van der Waals surface area contributed by atoms with Crippen molar-refractivity contribution in [3.63, 3.8) is 0 Å². The van der Waals surface area contributed by atoms with Gasteiger partial charge in [0.25, 0.3) is 6.04 Å². The lowest BCUT2D eigenvalue weighted by Gasteiger charge is -2.29. The van der Waals surface area contributed by atoms with Crippen LogP contribution in [0.1, 0.15) is 17.2 Å². The lowest BCUT2D eigenvalue weighted by atomic mass is 9.90. The van der Waals surface area contributed by atoms with Crippen LogP contribution in [0.5, 0.6) is 5.75 Å². The Morgan fingerprint density at radius 2 is 1.70 bits per heavy atom. The number of benzene rings is 3. The first-order valence-electron chi connectivity index (χ1n) is 7.60. The third-order valence-corrected chi connectivity index (χ3v) is 4.41. The highest BCUT2D eigenvalue weighted by atomic mass is 16.6. The SMILES string of the molecule is O=[N+]([O-])[C@@H]1Cc2ccccc2O[C@H]1c1cccc2ccccc12. The average molecular weight is 305 g/mol. The lowest BCUT2D eigenvalue weighted by molar-refractivity contribution is -0.535.